The zero-order valence-corrected chi connectivity index (χ0v) is 20.6. The molecule has 0 aliphatic carbocycles. The predicted molar refractivity (Wildman–Crippen MR) is 140 cm³/mol. The number of amides is 1. The van der Waals surface area contributed by atoms with Crippen LogP contribution < -0.4 is 9.64 Å². The number of fused-ring (bicyclic) bond motifs is 1. The van der Waals surface area contributed by atoms with Crippen LogP contribution in [0.5, 0.6) is 5.75 Å². The van der Waals surface area contributed by atoms with Crippen LogP contribution in [0, 0.1) is 12.3 Å². The molecule has 4 nitrogen and oxygen atoms in total. The number of nitrogens with zero attached hydrogens (tertiary/aromatic N) is 2. The first-order valence-corrected chi connectivity index (χ1v) is 11.6. The van der Waals surface area contributed by atoms with E-state index >= 15 is 0 Å². The number of methoxy groups -OCH3 is 1. The van der Waals surface area contributed by atoms with Gasteiger partial charge >= 0.3 is 0 Å². The Bertz CT molecular complexity index is 1300. The van der Waals surface area contributed by atoms with E-state index in [1.807, 2.05) is 42.3 Å². The Hall–Kier alpha value is -3.66. The lowest BCUT2D eigenvalue weighted by Gasteiger charge is -2.28. The van der Waals surface area contributed by atoms with Gasteiger partial charge in [-0.05, 0) is 46.7 Å². The van der Waals surface area contributed by atoms with E-state index in [1.54, 1.807) is 13.3 Å². The molecule has 4 rings (SSSR count). The summed E-state index contributed by atoms with van der Waals surface area (Å²) in [6, 6.07) is 22.7. The van der Waals surface area contributed by atoms with Gasteiger partial charge in [-0.25, -0.2) is 0 Å². The minimum atomic E-state index is -0.108. The van der Waals surface area contributed by atoms with Crippen molar-refractivity contribution in [2.45, 2.75) is 40.7 Å². The van der Waals surface area contributed by atoms with Crippen molar-refractivity contribution in [3.8, 4) is 16.9 Å². The van der Waals surface area contributed by atoms with Gasteiger partial charge in [-0.2, -0.15) is 0 Å². The second kappa shape index (κ2) is 9.68. The Morgan fingerprint density at radius 3 is 2.32 bits per heavy atom. The Morgan fingerprint density at radius 1 is 0.941 bits per heavy atom. The number of aryl methyl sites for hydroxylation is 1. The number of benzene rings is 3. The van der Waals surface area contributed by atoms with Crippen molar-refractivity contribution >= 4 is 22.4 Å². The summed E-state index contributed by atoms with van der Waals surface area (Å²) in [7, 11) is 1.69. The van der Waals surface area contributed by atoms with E-state index in [2.05, 4.69) is 68.2 Å². The third-order valence-electron chi connectivity index (χ3n) is 5.94. The van der Waals surface area contributed by atoms with Gasteiger partial charge in [-0.15, -0.1) is 0 Å². The number of ether oxygens (including phenoxy) is 1. The number of rotatable bonds is 6. The normalized spacial score (nSPS) is 11.4. The number of carbonyl (C=O) groups excluding carboxylic acids is 1. The molecule has 0 saturated heterocycles. The second-order valence-electron chi connectivity index (χ2n) is 9.98. The zero-order chi connectivity index (χ0) is 24.3. The highest BCUT2D eigenvalue weighted by Gasteiger charge is 2.24. The summed E-state index contributed by atoms with van der Waals surface area (Å²) >= 11 is 0. The Morgan fingerprint density at radius 2 is 1.65 bits per heavy atom. The summed E-state index contributed by atoms with van der Waals surface area (Å²) in [6.07, 6.45) is 4.10. The lowest BCUT2D eigenvalue weighted by molar-refractivity contribution is -0.120. The van der Waals surface area contributed by atoms with Gasteiger partial charge in [0.25, 0.3) is 0 Å². The molecule has 174 valence electrons. The fraction of sp³-hybridized carbons (Fsp3) is 0.267. The van der Waals surface area contributed by atoms with Crippen LogP contribution in [0.3, 0.4) is 0 Å². The quantitative estimate of drug-likeness (QED) is 0.311. The SMILES string of the molecule is COc1ccc(-c2ccc(CN(C(=O)CC(C)(C)C)c3cncc4ccccc34)cc2)cc1C. The van der Waals surface area contributed by atoms with Crippen LogP contribution in [0.2, 0.25) is 0 Å². The molecule has 34 heavy (non-hydrogen) atoms. The summed E-state index contributed by atoms with van der Waals surface area (Å²) < 4.78 is 5.39. The summed E-state index contributed by atoms with van der Waals surface area (Å²) in [5.41, 5.74) is 5.19. The maximum atomic E-state index is 13.5. The van der Waals surface area contributed by atoms with E-state index in [-0.39, 0.29) is 11.3 Å². The molecule has 4 heteroatoms. The smallest absolute Gasteiger partial charge is 0.227 e. The Kier molecular flexibility index (Phi) is 6.69. The van der Waals surface area contributed by atoms with Crippen LogP contribution in [0.4, 0.5) is 5.69 Å². The van der Waals surface area contributed by atoms with Gasteiger partial charge in [0, 0.05) is 23.4 Å². The van der Waals surface area contributed by atoms with Crippen LogP contribution in [0.1, 0.15) is 38.3 Å². The third-order valence-corrected chi connectivity index (χ3v) is 5.94. The first-order chi connectivity index (χ1) is 16.2. The third kappa shape index (κ3) is 5.28. The maximum absolute atomic E-state index is 13.5. The van der Waals surface area contributed by atoms with Crippen molar-refractivity contribution in [1.82, 2.24) is 4.98 Å². The lowest BCUT2D eigenvalue weighted by atomic mass is 9.91. The highest BCUT2D eigenvalue weighted by molar-refractivity contribution is 6.03. The van der Waals surface area contributed by atoms with Crippen LogP contribution in [0.25, 0.3) is 21.9 Å². The molecule has 0 radical (unpaired) electrons. The van der Waals surface area contributed by atoms with Crippen LogP contribution in [0.15, 0.2) is 79.1 Å². The number of carbonyl (C=O) groups is 1. The van der Waals surface area contributed by atoms with E-state index in [4.69, 9.17) is 4.74 Å². The number of pyridine rings is 1. The van der Waals surface area contributed by atoms with Crippen molar-refractivity contribution in [1.29, 1.82) is 0 Å². The van der Waals surface area contributed by atoms with Crippen molar-refractivity contribution in [2.24, 2.45) is 5.41 Å². The number of anilines is 1. The highest BCUT2D eigenvalue weighted by atomic mass is 16.5. The van der Waals surface area contributed by atoms with Gasteiger partial charge in [-0.1, -0.05) is 75.4 Å². The van der Waals surface area contributed by atoms with E-state index < -0.39 is 0 Å². The summed E-state index contributed by atoms with van der Waals surface area (Å²) in [5.74, 6) is 0.984. The standard InChI is InChI=1S/C30H32N2O2/c1-21-16-24(14-15-28(21)34-5)23-12-10-22(11-13-23)20-32(29(33)17-30(2,3)4)27-19-31-18-25-8-6-7-9-26(25)27/h6-16,18-19H,17,20H2,1-5H3. The van der Waals surface area contributed by atoms with Crippen molar-refractivity contribution < 1.29 is 9.53 Å². The molecule has 1 aromatic heterocycles. The Balaban J connectivity index is 1.66. The van der Waals surface area contributed by atoms with Gasteiger partial charge in [0.2, 0.25) is 5.91 Å². The molecule has 0 spiro atoms. The maximum Gasteiger partial charge on any atom is 0.227 e. The summed E-state index contributed by atoms with van der Waals surface area (Å²) in [4.78, 5) is 19.8. The summed E-state index contributed by atoms with van der Waals surface area (Å²) in [6.45, 7) is 8.82. The zero-order valence-electron chi connectivity index (χ0n) is 20.6. The van der Waals surface area contributed by atoms with Crippen LogP contribution >= 0.6 is 0 Å². The lowest BCUT2D eigenvalue weighted by Crippen LogP contribution is -2.33. The van der Waals surface area contributed by atoms with Gasteiger partial charge < -0.3 is 9.64 Å². The molecule has 0 saturated carbocycles. The molecule has 0 N–H and O–H groups in total. The molecule has 0 aliphatic heterocycles. The molecule has 4 aromatic rings. The minimum Gasteiger partial charge on any atom is -0.496 e. The fourth-order valence-electron chi connectivity index (χ4n) is 4.22. The number of hydrogen-bond donors (Lipinski definition) is 0. The molecule has 0 fully saturated rings. The average Bonchev–Trinajstić information content (AvgIpc) is 2.81. The molecule has 0 aliphatic rings. The number of hydrogen-bond acceptors (Lipinski definition) is 3. The predicted octanol–water partition coefficient (Wildman–Crippen LogP) is 7.19. The summed E-state index contributed by atoms with van der Waals surface area (Å²) in [5, 5.41) is 2.06. The van der Waals surface area contributed by atoms with E-state index in [1.165, 1.54) is 0 Å². The Labute approximate surface area is 202 Å². The van der Waals surface area contributed by atoms with E-state index in [0.29, 0.717) is 13.0 Å². The molecule has 1 amide bonds. The van der Waals surface area contributed by atoms with Gasteiger partial charge in [0.1, 0.15) is 5.75 Å². The molecule has 0 atom stereocenters. The van der Waals surface area contributed by atoms with E-state index in [0.717, 1.165) is 44.5 Å². The number of aromatic nitrogens is 1. The van der Waals surface area contributed by atoms with Gasteiger partial charge in [0.15, 0.2) is 0 Å². The monoisotopic (exact) mass is 452 g/mol. The average molecular weight is 453 g/mol. The van der Waals surface area contributed by atoms with E-state index in [9.17, 15) is 4.79 Å². The largest absolute Gasteiger partial charge is 0.496 e. The van der Waals surface area contributed by atoms with Gasteiger partial charge in [0.05, 0.1) is 25.5 Å². The molecule has 0 bridgehead atoms. The molecule has 1 heterocycles. The molecule has 3 aromatic carbocycles. The second-order valence-corrected chi connectivity index (χ2v) is 9.98. The molecular formula is C30H32N2O2. The van der Waals surface area contributed by atoms with Crippen molar-refractivity contribution in [2.75, 3.05) is 12.0 Å². The highest BCUT2D eigenvalue weighted by Crippen LogP contribution is 2.31. The van der Waals surface area contributed by atoms with Crippen LogP contribution in [-0.2, 0) is 11.3 Å². The first-order valence-electron chi connectivity index (χ1n) is 11.6. The van der Waals surface area contributed by atoms with Crippen molar-refractivity contribution in [3.05, 3.63) is 90.3 Å². The first kappa shape index (κ1) is 23.5. The fourth-order valence-corrected chi connectivity index (χ4v) is 4.22. The molecule has 0 unspecified atom stereocenters. The van der Waals surface area contributed by atoms with Crippen LogP contribution in [-0.4, -0.2) is 18.0 Å². The van der Waals surface area contributed by atoms with Gasteiger partial charge in [-0.3, -0.25) is 9.78 Å². The molecular weight excluding hydrogens is 420 g/mol. The van der Waals surface area contributed by atoms with Crippen molar-refractivity contribution in [3.63, 3.8) is 0 Å². The topological polar surface area (TPSA) is 42.4 Å². The minimum absolute atomic E-state index is 0.0977.